The number of halogens is 1. The zero-order chi connectivity index (χ0) is 11.4. The third-order valence-corrected chi connectivity index (χ3v) is 2.60. The van der Waals surface area contributed by atoms with Crippen LogP contribution in [0, 0.1) is 6.92 Å². The van der Waals surface area contributed by atoms with Gasteiger partial charge in [0.25, 0.3) is 5.91 Å². The van der Waals surface area contributed by atoms with Crippen molar-refractivity contribution in [1.29, 1.82) is 0 Å². The van der Waals surface area contributed by atoms with Crippen LogP contribution in [0.4, 0.5) is 0 Å². The summed E-state index contributed by atoms with van der Waals surface area (Å²) in [7, 11) is 0. The predicted molar refractivity (Wildman–Crippen MR) is 62.8 cm³/mol. The van der Waals surface area contributed by atoms with Gasteiger partial charge in [0.1, 0.15) is 5.75 Å². The SMILES string of the molecule is CCC(Oc1cc(Br)ccc1C)C(N)=O. The summed E-state index contributed by atoms with van der Waals surface area (Å²) in [6.45, 7) is 3.79. The highest BCUT2D eigenvalue weighted by Gasteiger charge is 2.15. The van der Waals surface area contributed by atoms with Crippen LogP contribution in [-0.4, -0.2) is 12.0 Å². The minimum atomic E-state index is -0.557. The van der Waals surface area contributed by atoms with Crippen LogP contribution in [0.5, 0.6) is 5.75 Å². The van der Waals surface area contributed by atoms with Crippen molar-refractivity contribution >= 4 is 21.8 Å². The van der Waals surface area contributed by atoms with Gasteiger partial charge in [-0.25, -0.2) is 0 Å². The Morgan fingerprint density at radius 1 is 1.60 bits per heavy atom. The Balaban J connectivity index is 2.87. The molecule has 1 aromatic rings. The fourth-order valence-electron chi connectivity index (χ4n) is 1.20. The van der Waals surface area contributed by atoms with E-state index in [0.29, 0.717) is 12.2 Å². The second-order valence-corrected chi connectivity index (χ2v) is 4.24. The van der Waals surface area contributed by atoms with E-state index in [4.69, 9.17) is 10.5 Å². The molecule has 0 fully saturated rings. The van der Waals surface area contributed by atoms with Gasteiger partial charge in [-0.1, -0.05) is 28.9 Å². The van der Waals surface area contributed by atoms with Crippen LogP contribution in [-0.2, 0) is 4.79 Å². The van der Waals surface area contributed by atoms with Crippen LogP contribution in [0.1, 0.15) is 18.9 Å². The van der Waals surface area contributed by atoms with Crippen molar-refractivity contribution in [2.75, 3.05) is 0 Å². The van der Waals surface area contributed by atoms with Crippen LogP contribution in [0.2, 0.25) is 0 Å². The Hall–Kier alpha value is -1.03. The first kappa shape index (κ1) is 12.0. The molecule has 4 heteroatoms. The molecule has 0 heterocycles. The minimum absolute atomic E-state index is 0.433. The normalized spacial score (nSPS) is 12.2. The summed E-state index contributed by atoms with van der Waals surface area (Å²) < 4.78 is 6.45. The summed E-state index contributed by atoms with van der Waals surface area (Å²) in [4.78, 5) is 11.0. The first-order valence-corrected chi connectivity index (χ1v) is 5.56. The van der Waals surface area contributed by atoms with Crippen molar-refractivity contribution in [1.82, 2.24) is 0 Å². The Morgan fingerprint density at radius 3 is 2.80 bits per heavy atom. The molecule has 1 unspecified atom stereocenters. The van der Waals surface area contributed by atoms with E-state index in [9.17, 15) is 4.79 Å². The van der Waals surface area contributed by atoms with E-state index in [-0.39, 0.29) is 0 Å². The maximum atomic E-state index is 11.0. The maximum absolute atomic E-state index is 11.0. The average molecular weight is 272 g/mol. The molecule has 0 radical (unpaired) electrons. The van der Waals surface area contributed by atoms with Gasteiger partial charge in [-0.15, -0.1) is 0 Å². The zero-order valence-electron chi connectivity index (χ0n) is 8.79. The smallest absolute Gasteiger partial charge is 0.258 e. The van der Waals surface area contributed by atoms with Crippen molar-refractivity contribution in [2.24, 2.45) is 5.73 Å². The number of carbonyl (C=O) groups is 1. The third kappa shape index (κ3) is 3.23. The van der Waals surface area contributed by atoms with E-state index in [1.165, 1.54) is 0 Å². The molecule has 2 N–H and O–H groups in total. The van der Waals surface area contributed by atoms with E-state index >= 15 is 0 Å². The van der Waals surface area contributed by atoms with Gasteiger partial charge in [0, 0.05) is 4.47 Å². The Kier molecular flexibility index (Phi) is 4.15. The summed E-state index contributed by atoms with van der Waals surface area (Å²) in [5, 5.41) is 0. The lowest BCUT2D eigenvalue weighted by molar-refractivity contribution is -0.124. The van der Waals surface area contributed by atoms with Crippen LogP contribution < -0.4 is 10.5 Å². The largest absolute Gasteiger partial charge is 0.480 e. The highest BCUT2D eigenvalue weighted by Crippen LogP contribution is 2.24. The first-order valence-electron chi connectivity index (χ1n) is 4.76. The molecule has 1 atom stereocenters. The summed E-state index contributed by atoms with van der Waals surface area (Å²) in [5.41, 5.74) is 6.19. The van der Waals surface area contributed by atoms with Crippen molar-refractivity contribution in [3.63, 3.8) is 0 Å². The number of amides is 1. The topological polar surface area (TPSA) is 52.3 Å². The molecule has 1 rings (SSSR count). The Morgan fingerprint density at radius 2 is 2.27 bits per heavy atom. The van der Waals surface area contributed by atoms with Gasteiger partial charge in [-0.05, 0) is 31.0 Å². The Labute approximate surface area is 97.7 Å². The lowest BCUT2D eigenvalue weighted by Gasteiger charge is -2.15. The van der Waals surface area contributed by atoms with Crippen LogP contribution in [0.15, 0.2) is 22.7 Å². The van der Waals surface area contributed by atoms with Crippen LogP contribution in [0.25, 0.3) is 0 Å². The lowest BCUT2D eigenvalue weighted by Crippen LogP contribution is -2.33. The number of ether oxygens (including phenoxy) is 1. The number of carbonyl (C=O) groups excluding carboxylic acids is 1. The van der Waals surface area contributed by atoms with E-state index in [2.05, 4.69) is 15.9 Å². The molecule has 0 bridgehead atoms. The predicted octanol–water partition coefficient (Wildman–Crippen LogP) is 2.40. The molecule has 0 aromatic heterocycles. The molecular weight excluding hydrogens is 258 g/mol. The highest BCUT2D eigenvalue weighted by molar-refractivity contribution is 9.10. The number of benzene rings is 1. The lowest BCUT2D eigenvalue weighted by atomic mass is 10.2. The molecule has 0 saturated heterocycles. The number of nitrogens with two attached hydrogens (primary N) is 1. The second kappa shape index (κ2) is 5.16. The van der Waals surface area contributed by atoms with E-state index in [0.717, 1.165) is 10.0 Å². The van der Waals surface area contributed by atoms with Crippen LogP contribution in [0.3, 0.4) is 0 Å². The van der Waals surface area contributed by atoms with Gasteiger partial charge in [0.15, 0.2) is 6.10 Å². The van der Waals surface area contributed by atoms with Gasteiger partial charge in [0.2, 0.25) is 0 Å². The molecule has 0 spiro atoms. The van der Waals surface area contributed by atoms with E-state index < -0.39 is 12.0 Å². The quantitative estimate of drug-likeness (QED) is 0.915. The van der Waals surface area contributed by atoms with Crippen molar-refractivity contribution < 1.29 is 9.53 Å². The summed E-state index contributed by atoms with van der Waals surface area (Å²) >= 11 is 3.35. The summed E-state index contributed by atoms with van der Waals surface area (Å²) in [5.74, 6) is 0.256. The standard InChI is InChI=1S/C11H14BrNO2/c1-3-9(11(13)14)15-10-6-8(12)5-4-7(10)2/h4-6,9H,3H2,1-2H3,(H2,13,14). The molecule has 0 saturated carbocycles. The molecular formula is C11H14BrNO2. The number of primary amides is 1. The fraction of sp³-hybridized carbons (Fsp3) is 0.364. The molecule has 15 heavy (non-hydrogen) atoms. The first-order chi connectivity index (χ1) is 7.04. The molecule has 82 valence electrons. The molecule has 0 aliphatic carbocycles. The summed E-state index contributed by atoms with van der Waals surface area (Å²) in [6.07, 6.45) is 0.0133. The van der Waals surface area contributed by atoms with Gasteiger partial charge in [-0.3, -0.25) is 4.79 Å². The zero-order valence-corrected chi connectivity index (χ0v) is 10.4. The molecule has 1 amide bonds. The molecule has 0 aliphatic rings. The minimum Gasteiger partial charge on any atom is -0.480 e. The second-order valence-electron chi connectivity index (χ2n) is 3.33. The number of rotatable bonds is 4. The van der Waals surface area contributed by atoms with Gasteiger partial charge >= 0.3 is 0 Å². The average Bonchev–Trinajstić information content (AvgIpc) is 2.18. The van der Waals surface area contributed by atoms with Gasteiger partial charge < -0.3 is 10.5 Å². The third-order valence-electron chi connectivity index (χ3n) is 2.11. The number of aryl methyl sites for hydroxylation is 1. The molecule has 3 nitrogen and oxygen atoms in total. The molecule has 0 aliphatic heterocycles. The molecule has 1 aromatic carbocycles. The Bertz CT molecular complexity index is 366. The maximum Gasteiger partial charge on any atom is 0.258 e. The van der Waals surface area contributed by atoms with E-state index in [1.54, 1.807) is 0 Å². The number of hydrogen-bond acceptors (Lipinski definition) is 2. The highest BCUT2D eigenvalue weighted by atomic mass is 79.9. The fourth-order valence-corrected chi connectivity index (χ4v) is 1.54. The summed E-state index contributed by atoms with van der Waals surface area (Å²) in [6, 6.07) is 5.68. The van der Waals surface area contributed by atoms with Gasteiger partial charge in [0.05, 0.1) is 0 Å². The van der Waals surface area contributed by atoms with Crippen molar-refractivity contribution in [2.45, 2.75) is 26.4 Å². The van der Waals surface area contributed by atoms with Crippen molar-refractivity contribution in [3.8, 4) is 5.75 Å². The monoisotopic (exact) mass is 271 g/mol. The van der Waals surface area contributed by atoms with Crippen LogP contribution >= 0.6 is 15.9 Å². The van der Waals surface area contributed by atoms with Crippen molar-refractivity contribution in [3.05, 3.63) is 28.2 Å². The van der Waals surface area contributed by atoms with E-state index in [1.807, 2.05) is 32.0 Å². The number of hydrogen-bond donors (Lipinski definition) is 1. The van der Waals surface area contributed by atoms with Gasteiger partial charge in [-0.2, -0.15) is 0 Å².